The van der Waals surface area contributed by atoms with Crippen LogP contribution in [0.25, 0.3) is 61.2 Å². The van der Waals surface area contributed by atoms with E-state index >= 15 is 0 Å². The largest absolute Gasteiger partial charge is 0.310 e. The lowest BCUT2D eigenvalue weighted by Crippen LogP contribution is -2.16. The van der Waals surface area contributed by atoms with Crippen molar-refractivity contribution in [3.8, 4) is 55.6 Å². The zero-order valence-electron chi connectivity index (χ0n) is 38.7. The third-order valence-electron chi connectivity index (χ3n) is 12.6. The third-order valence-corrected chi connectivity index (χ3v) is 12.6. The van der Waals surface area contributed by atoms with Crippen molar-refractivity contribution >= 4 is 34.0 Å². The minimum Gasteiger partial charge on any atom is -0.310 e. The van der Waals surface area contributed by atoms with E-state index in [0.717, 1.165) is 67.5 Å². The maximum atomic E-state index is 4.44. The van der Waals surface area contributed by atoms with Gasteiger partial charge in [0, 0.05) is 33.9 Å². The normalized spacial score (nSPS) is 11.3. The molecule has 69 heavy (non-hydrogen) atoms. The molecule has 0 aliphatic rings. The van der Waals surface area contributed by atoms with Gasteiger partial charge in [-0.3, -0.25) is 0 Å². The summed E-state index contributed by atoms with van der Waals surface area (Å²) in [5.41, 5.74) is 20.0. The van der Waals surface area contributed by atoms with Crippen LogP contribution in [-0.2, 0) is 0 Å². The molecule has 0 unspecified atom stereocenters. The average Bonchev–Trinajstić information content (AvgIpc) is 3.43. The second-order valence-corrected chi connectivity index (χ2v) is 17.0. The Morgan fingerprint density at radius 3 is 1.16 bits per heavy atom. The van der Waals surface area contributed by atoms with Gasteiger partial charge in [0.25, 0.3) is 0 Å². The van der Waals surface area contributed by atoms with Crippen LogP contribution in [0.2, 0.25) is 0 Å². The van der Waals surface area contributed by atoms with Gasteiger partial charge >= 0.3 is 0 Å². The Labute approximate surface area is 407 Å². The van der Waals surface area contributed by atoms with Crippen LogP contribution in [0.5, 0.6) is 0 Å². The molecule has 0 saturated heterocycles. The monoisotopic (exact) mass is 884 g/mol. The molecule has 10 aromatic carbocycles. The molecule has 0 radical (unpaired) electrons. The van der Waals surface area contributed by atoms with Crippen molar-refractivity contribution in [1.29, 1.82) is 0 Å². The molecule has 0 atom stereocenters. The van der Waals surface area contributed by atoms with Crippen molar-refractivity contribution in [3.63, 3.8) is 0 Å². The average molecular weight is 885 g/mol. The summed E-state index contributed by atoms with van der Waals surface area (Å²) in [6, 6.07) is 95.2. The Morgan fingerprint density at radius 1 is 0.333 bits per heavy atom. The molecule has 0 amide bonds. The van der Waals surface area contributed by atoms with Crippen LogP contribution in [0.4, 0.5) is 28.4 Å². The van der Waals surface area contributed by atoms with Gasteiger partial charge in [-0.15, -0.1) is 0 Å². The van der Waals surface area contributed by atoms with Crippen molar-refractivity contribution in [2.45, 2.75) is 6.92 Å². The first-order chi connectivity index (χ1) is 34.1. The van der Waals surface area contributed by atoms with E-state index in [1.54, 1.807) is 0 Å². The van der Waals surface area contributed by atoms with E-state index in [9.17, 15) is 0 Å². The fourth-order valence-corrected chi connectivity index (χ4v) is 9.07. The first kappa shape index (κ1) is 43.9. The molecular formula is C67H52N2. The molecule has 0 N–H and O–H groups in total. The molecule has 0 spiro atoms. The van der Waals surface area contributed by atoms with Crippen molar-refractivity contribution in [3.05, 3.63) is 303 Å². The Balaban J connectivity index is 1.06. The number of hydrogen-bond donors (Lipinski definition) is 0. The zero-order chi connectivity index (χ0) is 46.8. The second-order valence-electron chi connectivity index (χ2n) is 17.0. The summed E-state index contributed by atoms with van der Waals surface area (Å²) in [6.45, 7) is 6.54. The zero-order valence-corrected chi connectivity index (χ0v) is 38.7. The van der Waals surface area contributed by atoms with Gasteiger partial charge in [0.2, 0.25) is 0 Å². The molecular weight excluding hydrogens is 833 g/mol. The summed E-state index contributed by atoms with van der Waals surface area (Å²) >= 11 is 0. The number of benzene rings is 10. The van der Waals surface area contributed by atoms with Crippen molar-refractivity contribution in [1.82, 2.24) is 0 Å². The molecule has 0 fully saturated rings. The Bertz CT molecular complexity index is 3270. The number of rotatable bonds is 14. The molecule has 10 aromatic rings. The summed E-state index contributed by atoms with van der Waals surface area (Å²) in [5.74, 6) is 0. The van der Waals surface area contributed by atoms with E-state index in [4.69, 9.17) is 0 Å². The number of allylic oxidation sites excluding steroid dienone is 4. The highest BCUT2D eigenvalue weighted by atomic mass is 15.2. The highest BCUT2D eigenvalue weighted by molar-refractivity contribution is 5.92. The highest BCUT2D eigenvalue weighted by Crippen LogP contribution is 2.44. The SMILES string of the molecule is C=C(/C=C\C(=C/C)N(c1ccc(-c2ccccc2)cc1)c1ccccc1-c1cccc(-c2ccccc2N(c2ccc(-c3ccccc3)cc2)c2ccc(-c3ccccc3)cc2)c1)c1ccccc1. The number of nitrogens with zero attached hydrogens (tertiary/aromatic N) is 2. The van der Waals surface area contributed by atoms with Gasteiger partial charge in [-0.05, 0) is 123 Å². The van der Waals surface area contributed by atoms with Gasteiger partial charge in [0.05, 0.1) is 11.4 Å². The first-order valence-corrected chi connectivity index (χ1v) is 23.6. The predicted molar refractivity (Wildman–Crippen MR) is 295 cm³/mol. The molecule has 0 heterocycles. The van der Waals surface area contributed by atoms with Gasteiger partial charge in [0.15, 0.2) is 0 Å². The quantitative estimate of drug-likeness (QED) is 0.100. The lowest BCUT2D eigenvalue weighted by Gasteiger charge is -2.29. The molecule has 0 saturated carbocycles. The summed E-state index contributed by atoms with van der Waals surface area (Å²) in [6.07, 6.45) is 6.47. The highest BCUT2D eigenvalue weighted by Gasteiger charge is 2.21. The summed E-state index contributed by atoms with van der Waals surface area (Å²) in [5, 5.41) is 0. The topological polar surface area (TPSA) is 6.48 Å². The van der Waals surface area contributed by atoms with E-state index in [0.29, 0.717) is 0 Å². The maximum absolute atomic E-state index is 4.44. The van der Waals surface area contributed by atoms with Crippen LogP contribution in [0.15, 0.2) is 297 Å². The third kappa shape index (κ3) is 9.79. The fraction of sp³-hybridized carbons (Fsp3) is 0.0149. The lowest BCUT2D eigenvalue weighted by atomic mass is 9.95. The van der Waals surface area contributed by atoms with Crippen LogP contribution in [0.3, 0.4) is 0 Å². The van der Waals surface area contributed by atoms with Crippen LogP contribution >= 0.6 is 0 Å². The standard InChI is InChI=1S/C67H52N2/c1-3-60(42-35-50(2)51-21-8-4-9-22-51)68(61-43-36-55(37-44-61)52-23-10-5-11-24-52)66-33-18-16-31-64(66)58-29-20-30-59(49-58)65-32-17-19-34-67(65)69(62-45-38-56(39-46-62)53-25-12-6-13-26-53)63-47-40-57(41-48-63)54-27-14-7-15-28-54/h3-49H,2H2,1H3/b42-35-,60-3+. The molecule has 0 aromatic heterocycles. The number of anilines is 5. The van der Waals surface area contributed by atoms with E-state index in [1.807, 2.05) is 6.07 Å². The number of para-hydroxylation sites is 2. The van der Waals surface area contributed by atoms with Crippen LogP contribution in [0, 0.1) is 0 Å². The molecule has 2 nitrogen and oxygen atoms in total. The van der Waals surface area contributed by atoms with Crippen LogP contribution in [-0.4, -0.2) is 0 Å². The summed E-state index contributed by atoms with van der Waals surface area (Å²) in [7, 11) is 0. The van der Waals surface area contributed by atoms with E-state index in [2.05, 4.69) is 302 Å². The van der Waals surface area contributed by atoms with E-state index < -0.39 is 0 Å². The Morgan fingerprint density at radius 2 is 0.696 bits per heavy atom. The van der Waals surface area contributed by atoms with Crippen LogP contribution in [0.1, 0.15) is 12.5 Å². The van der Waals surface area contributed by atoms with Crippen LogP contribution < -0.4 is 9.80 Å². The molecule has 0 bridgehead atoms. The fourth-order valence-electron chi connectivity index (χ4n) is 9.07. The summed E-state index contributed by atoms with van der Waals surface area (Å²) < 4.78 is 0. The van der Waals surface area contributed by atoms with Gasteiger partial charge in [-0.1, -0.05) is 231 Å². The molecule has 10 rings (SSSR count). The maximum Gasteiger partial charge on any atom is 0.0540 e. The smallest absolute Gasteiger partial charge is 0.0540 e. The van der Waals surface area contributed by atoms with Crippen molar-refractivity contribution < 1.29 is 0 Å². The number of hydrogen-bond acceptors (Lipinski definition) is 2. The van der Waals surface area contributed by atoms with Gasteiger partial charge in [-0.2, -0.15) is 0 Å². The molecule has 2 heteroatoms. The van der Waals surface area contributed by atoms with E-state index in [-0.39, 0.29) is 0 Å². The lowest BCUT2D eigenvalue weighted by molar-refractivity contribution is 1.20. The molecule has 0 aliphatic heterocycles. The molecule has 0 aliphatic carbocycles. The van der Waals surface area contributed by atoms with Crippen molar-refractivity contribution in [2.75, 3.05) is 9.80 Å². The minimum absolute atomic E-state index is 0.947. The minimum atomic E-state index is 0.947. The van der Waals surface area contributed by atoms with E-state index in [1.165, 1.54) is 33.4 Å². The molecule has 330 valence electrons. The van der Waals surface area contributed by atoms with Gasteiger partial charge in [0.1, 0.15) is 0 Å². The Hall–Kier alpha value is -8.98. The summed E-state index contributed by atoms with van der Waals surface area (Å²) in [4.78, 5) is 4.74. The second kappa shape index (κ2) is 20.7. The first-order valence-electron chi connectivity index (χ1n) is 23.6. The van der Waals surface area contributed by atoms with Gasteiger partial charge < -0.3 is 9.80 Å². The van der Waals surface area contributed by atoms with Crippen molar-refractivity contribution in [2.24, 2.45) is 0 Å². The predicted octanol–water partition coefficient (Wildman–Crippen LogP) is 18.8. The van der Waals surface area contributed by atoms with Gasteiger partial charge in [-0.25, -0.2) is 0 Å². The Kier molecular flexibility index (Phi) is 13.2.